The summed E-state index contributed by atoms with van der Waals surface area (Å²) in [6.45, 7) is 0.625. The van der Waals surface area contributed by atoms with Crippen LogP contribution in [0.3, 0.4) is 0 Å². The van der Waals surface area contributed by atoms with Crippen LogP contribution >= 0.6 is 0 Å². The molecule has 0 radical (unpaired) electrons. The third-order valence-corrected chi connectivity index (χ3v) is 5.23. The number of rotatable bonds is 3. The zero-order valence-corrected chi connectivity index (χ0v) is 12.4. The van der Waals surface area contributed by atoms with Crippen LogP contribution in [0.2, 0.25) is 0 Å². The molecule has 0 spiro atoms. The van der Waals surface area contributed by atoms with Gasteiger partial charge in [0.1, 0.15) is 5.75 Å². The molecule has 1 aromatic rings. The van der Waals surface area contributed by atoms with Crippen molar-refractivity contribution >= 4 is 5.91 Å². The molecule has 3 aliphatic carbocycles. The molecule has 4 aliphatic rings. The fraction of sp³-hybridized carbons (Fsp3) is 0.562. The molecule has 7 heteroatoms. The molecule has 4 fully saturated rings. The molecule has 0 aromatic heterocycles. The molecule has 1 heterocycles. The Hall–Kier alpha value is -1.76. The zero-order valence-electron chi connectivity index (χ0n) is 12.4. The summed E-state index contributed by atoms with van der Waals surface area (Å²) in [4.78, 5) is 14.3. The lowest BCUT2D eigenvalue weighted by molar-refractivity contribution is -0.176. The maximum atomic E-state index is 12.5. The summed E-state index contributed by atoms with van der Waals surface area (Å²) in [5, 5.41) is 0. The number of hydrogen-bond acceptors (Lipinski definition) is 3. The van der Waals surface area contributed by atoms with Crippen LogP contribution in [0.5, 0.6) is 5.75 Å². The van der Waals surface area contributed by atoms with Crippen molar-refractivity contribution in [1.82, 2.24) is 4.90 Å². The largest absolute Gasteiger partial charge is 0.481 e. The second-order valence-electron chi connectivity index (χ2n) is 7.02. The van der Waals surface area contributed by atoms with Gasteiger partial charge in [-0.2, -0.15) is 13.2 Å². The normalized spacial score (nSPS) is 35.7. The van der Waals surface area contributed by atoms with Crippen molar-refractivity contribution in [3.05, 3.63) is 29.8 Å². The number of likely N-dealkylation sites (tertiary alicyclic amines) is 1. The first kappa shape index (κ1) is 14.8. The number of hydrogen-bond donors (Lipinski definition) is 1. The van der Waals surface area contributed by atoms with Crippen molar-refractivity contribution in [2.75, 3.05) is 6.54 Å². The lowest BCUT2D eigenvalue weighted by Crippen LogP contribution is -2.82. The van der Waals surface area contributed by atoms with Gasteiger partial charge in [0, 0.05) is 24.0 Å². The smallest absolute Gasteiger partial charge is 0.416 e. The molecule has 23 heavy (non-hydrogen) atoms. The topological polar surface area (TPSA) is 55.6 Å². The van der Waals surface area contributed by atoms with Crippen LogP contribution in [0.4, 0.5) is 13.2 Å². The van der Waals surface area contributed by atoms with E-state index in [-0.39, 0.29) is 22.7 Å². The molecule has 5 rings (SSSR count). The van der Waals surface area contributed by atoms with Gasteiger partial charge in [0.05, 0.1) is 5.56 Å². The zero-order chi connectivity index (χ0) is 16.5. The van der Waals surface area contributed by atoms with Gasteiger partial charge in [0.15, 0.2) is 6.10 Å². The number of carbonyl (C=O) groups excluding carboxylic acids is 1. The van der Waals surface area contributed by atoms with Gasteiger partial charge in [-0.1, -0.05) is 0 Å². The molecule has 1 aromatic carbocycles. The molecule has 4 nitrogen and oxygen atoms in total. The number of carbonyl (C=O) groups is 1. The van der Waals surface area contributed by atoms with Crippen LogP contribution in [-0.2, 0) is 11.0 Å². The van der Waals surface area contributed by atoms with Gasteiger partial charge in [0.2, 0.25) is 0 Å². The van der Waals surface area contributed by atoms with E-state index in [9.17, 15) is 18.0 Å². The highest BCUT2D eigenvalue weighted by atomic mass is 19.4. The summed E-state index contributed by atoms with van der Waals surface area (Å²) in [6, 6.07) is 4.45. The predicted octanol–water partition coefficient (Wildman–Crippen LogP) is 2.32. The van der Waals surface area contributed by atoms with Crippen LogP contribution in [0.15, 0.2) is 24.3 Å². The highest BCUT2D eigenvalue weighted by Crippen LogP contribution is 2.62. The Morgan fingerprint density at radius 2 is 1.78 bits per heavy atom. The van der Waals surface area contributed by atoms with E-state index in [1.54, 1.807) is 0 Å². The van der Waals surface area contributed by atoms with Crippen molar-refractivity contribution < 1.29 is 22.7 Å². The number of amides is 1. The Morgan fingerprint density at radius 1 is 1.17 bits per heavy atom. The summed E-state index contributed by atoms with van der Waals surface area (Å²) >= 11 is 0. The SMILES string of the molecule is NC12CC(N3CCC(Oc4ccc(C(F)(F)F)cc4)C3=O)(C1)C2. The van der Waals surface area contributed by atoms with Crippen LogP contribution in [0.25, 0.3) is 0 Å². The molecule has 2 N–H and O–H groups in total. The summed E-state index contributed by atoms with van der Waals surface area (Å²) in [5.41, 5.74) is 5.15. The summed E-state index contributed by atoms with van der Waals surface area (Å²) in [7, 11) is 0. The van der Waals surface area contributed by atoms with Gasteiger partial charge in [0.25, 0.3) is 5.91 Å². The standard InChI is InChI=1S/C16H17F3N2O2/c17-16(18,19)10-1-3-11(4-2-10)23-12-5-6-21(13(12)22)15-7-14(20,8-15)9-15/h1-4,12H,5-9,20H2. The van der Waals surface area contributed by atoms with E-state index < -0.39 is 17.8 Å². The van der Waals surface area contributed by atoms with Crippen LogP contribution in [0, 0.1) is 0 Å². The molecular weight excluding hydrogens is 309 g/mol. The predicted molar refractivity (Wildman–Crippen MR) is 75.7 cm³/mol. The fourth-order valence-electron chi connectivity index (χ4n) is 4.22. The van der Waals surface area contributed by atoms with Crippen LogP contribution in [-0.4, -0.2) is 34.5 Å². The number of nitrogens with two attached hydrogens (primary N) is 1. The maximum absolute atomic E-state index is 12.5. The average Bonchev–Trinajstić information content (AvgIpc) is 2.75. The Kier molecular flexibility index (Phi) is 2.84. The van der Waals surface area contributed by atoms with E-state index in [1.807, 2.05) is 4.90 Å². The van der Waals surface area contributed by atoms with Crippen LogP contribution in [0.1, 0.15) is 31.2 Å². The minimum absolute atomic E-state index is 0.0767. The van der Waals surface area contributed by atoms with Gasteiger partial charge in [-0.3, -0.25) is 4.79 Å². The van der Waals surface area contributed by atoms with Gasteiger partial charge in [-0.25, -0.2) is 0 Å². The van der Waals surface area contributed by atoms with Crippen molar-refractivity contribution in [1.29, 1.82) is 0 Å². The lowest BCUT2D eigenvalue weighted by atomic mass is 9.44. The van der Waals surface area contributed by atoms with Gasteiger partial charge < -0.3 is 15.4 Å². The molecule has 2 bridgehead atoms. The maximum Gasteiger partial charge on any atom is 0.416 e. The average molecular weight is 326 g/mol. The fourth-order valence-corrected chi connectivity index (χ4v) is 4.22. The first-order chi connectivity index (χ1) is 10.7. The molecule has 1 atom stereocenters. The van der Waals surface area contributed by atoms with E-state index in [1.165, 1.54) is 12.1 Å². The highest BCUT2D eigenvalue weighted by Gasteiger charge is 2.70. The Labute approximate surface area is 131 Å². The molecule has 1 amide bonds. The number of ether oxygens (including phenoxy) is 1. The van der Waals surface area contributed by atoms with Gasteiger partial charge in [-0.05, 0) is 43.5 Å². The second-order valence-corrected chi connectivity index (χ2v) is 7.02. The van der Waals surface area contributed by atoms with Crippen molar-refractivity contribution in [3.63, 3.8) is 0 Å². The van der Waals surface area contributed by atoms with E-state index >= 15 is 0 Å². The summed E-state index contributed by atoms with van der Waals surface area (Å²) in [5.74, 6) is 0.206. The first-order valence-electron chi connectivity index (χ1n) is 7.65. The van der Waals surface area contributed by atoms with Crippen LogP contribution < -0.4 is 10.5 Å². The van der Waals surface area contributed by atoms with E-state index in [0.717, 1.165) is 31.4 Å². The third kappa shape index (κ3) is 2.21. The second kappa shape index (κ2) is 4.41. The minimum atomic E-state index is -4.37. The number of alkyl halides is 3. The Bertz CT molecular complexity index is 637. The summed E-state index contributed by atoms with van der Waals surface area (Å²) < 4.78 is 43.2. The molecule has 124 valence electrons. The Balaban J connectivity index is 1.41. The van der Waals surface area contributed by atoms with E-state index in [2.05, 4.69) is 0 Å². The first-order valence-corrected chi connectivity index (χ1v) is 7.65. The minimum Gasteiger partial charge on any atom is -0.481 e. The molecule has 1 unspecified atom stereocenters. The number of halogens is 3. The van der Waals surface area contributed by atoms with Crippen molar-refractivity contribution in [3.8, 4) is 5.75 Å². The number of nitrogens with zero attached hydrogens (tertiary/aromatic N) is 1. The monoisotopic (exact) mass is 326 g/mol. The molecular formula is C16H17F3N2O2. The van der Waals surface area contributed by atoms with E-state index in [4.69, 9.17) is 10.5 Å². The highest BCUT2D eigenvalue weighted by molar-refractivity contribution is 5.85. The Morgan fingerprint density at radius 3 is 2.30 bits per heavy atom. The summed E-state index contributed by atoms with van der Waals surface area (Å²) in [6.07, 6.45) is -1.90. The van der Waals surface area contributed by atoms with Crippen molar-refractivity contribution in [2.45, 2.75) is 49.0 Å². The molecule has 1 saturated heterocycles. The molecule has 3 saturated carbocycles. The number of benzene rings is 1. The van der Waals surface area contributed by atoms with Gasteiger partial charge in [-0.15, -0.1) is 0 Å². The third-order valence-electron chi connectivity index (χ3n) is 5.23. The van der Waals surface area contributed by atoms with Gasteiger partial charge >= 0.3 is 6.18 Å². The van der Waals surface area contributed by atoms with Crippen molar-refractivity contribution in [2.24, 2.45) is 5.73 Å². The lowest BCUT2D eigenvalue weighted by Gasteiger charge is -2.71. The molecule has 1 aliphatic heterocycles. The quantitative estimate of drug-likeness (QED) is 0.927. The van der Waals surface area contributed by atoms with E-state index in [0.29, 0.717) is 13.0 Å².